The monoisotopic (exact) mass is 254 g/mol. The molecule has 0 fully saturated rings. The predicted molar refractivity (Wildman–Crippen MR) is 66.9 cm³/mol. The van der Waals surface area contributed by atoms with Gasteiger partial charge in [-0.3, -0.25) is 0 Å². The molecule has 1 aromatic carbocycles. The SMILES string of the molecule is CCCC(C)OCc1ccc(C(=O)OC)c(F)c1. The Morgan fingerprint density at radius 3 is 2.72 bits per heavy atom. The van der Waals surface area contributed by atoms with Gasteiger partial charge in [-0.15, -0.1) is 0 Å². The Bertz CT molecular complexity index is 404. The van der Waals surface area contributed by atoms with Crippen LogP contribution in [0.5, 0.6) is 0 Å². The van der Waals surface area contributed by atoms with Gasteiger partial charge in [-0.25, -0.2) is 9.18 Å². The highest BCUT2D eigenvalue weighted by Gasteiger charge is 2.12. The first-order valence-corrected chi connectivity index (χ1v) is 6.06. The summed E-state index contributed by atoms with van der Waals surface area (Å²) < 4.78 is 23.6. The zero-order chi connectivity index (χ0) is 13.5. The van der Waals surface area contributed by atoms with Gasteiger partial charge in [0, 0.05) is 0 Å². The van der Waals surface area contributed by atoms with Gasteiger partial charge in [0.1, 0.15) is 5.82 Å². The number of carbonyl (C=O) groups excluding carboxylic acids is 1. The molecular weight excluding hydrogens is 235 g/mol. The molecule has 0 radical (unpaired) electrons. The number of carbonyl (C=O) groups is 1. The lowest BCUT2D eigenvalue weighted by Crippen LogP contribution is -2.09. The summed E-state index contributed by atoms with van der Waals surface area (Å²) in [5.74, 6) is -1.24. The van der Waals surface area contributed by atoms with E-state index in [9.17, 15) is 9.18 Å². The molecule has 1 rings (SSSR count). The maximum atomic E-state index is 13.6. The molecule has 18 heavy (non-hydrogen) atoms. The number of ether oxygens (including phenoxy) is 2. The van der Waals surface area contributed by atoms with Crippen molar-refractivity contribution in [2.75, 3.05) is 7.11 Å². The minimum absolute atomic E-state index is 0.0529. The van der Waals surface area contributed by atoms with Crippen molar-refractivity contribution < 1.29 is 18.7 Å². The zero-order valence-corrected chi connectivity index (χ0v) is 11.0. The molecule has 0 saturated carbocycles. The highest BCUT2D eigenvalue weighted by Crippen LogP contribution is 2.13. The molecular formula is C14H19FO3. The van der Waals surface area contributed by atoms with Crippen molar-refractivity contribution in [3.63, 3.8) is 0 Å². The van der Waals surface area contributed by atoms with E-state index in [2.05, 4.69) is 11.7 Å². The van der Waals surface area contributed by atoms with Crippen LogP contribution in [0.1, 0.15) is 42.6 Å². The van der Waals surface area contributed by atoms with Crippen molar-refractivity contribution in [3.05, 3.63) is 35.1 Å². The van der Waals surface area contributed by atoms with E-state index in [0.29, 0.717) is 12.2 Å². The molecule has 1 unspecified atom stereocenters. The lowest BCUT2D eigenvalue weighted by atomic mass is 10.1. The van der Waals surface area contributed by atoms with E-state index >= 15 is 0 Å². The van der Waals surface area contributed by atoms with Gasteiger partial charge in [-0.05, 0) is 31.0 Å². The summed E-state index contributed by atoms with van der Waals surface area (Å²) in [6, 6.07) is 4.41. The van der Waals surface area contributed by atoms with Crippen molar-refractivity contribution in [2.45, 2.75) is 39.4 Å². The lowest BCUT2D eigenvalue weighted by Gasteiger charge is -2.12. The Balaban J connectivity index is 2.64. The number of benzene rings is 1. The first-order valence-electron chi connectivity index (χ1n) is 6.06. The summed E-state index contributed by atoms with van der Waals surface area (Å²) in [5.41, 5.74) is 0.658. The van der Waals surface area contributed by atoms with Crippen molar-refractivity contribution in [3.8, 4) is 0 Å². The largest absolute Gasteiger partial charge is 0.465 e. The molecule has 1 aromatic rings. The van der Waals surface area contributed by atoms with Crippen LogP contribution in [-0.4, -0.2) is 19.2 Å². The van der Waals surface area contributed by atoms with Crippen molar-refractivity contribution in [1.82, 2.24) is 0 Å². The normalized spacial score (nSPS) is 12.2. The van der Waals surface area contributed by atoms with Crippen LogP contribution >= 0.6 is 0 Å². The van der Waals surface area contributed by atoms with Crippen LogP contribution in [0.4, 0.5) is 4.39 Å². The molecule has 0 aliphatic heterocycles. The number of hydrogen-bond acceptors (Lipinski definition) is 3. The summed E-state index contributed by atoms with van der Waals surface area (Å²) >= 11 is 0. The lowest BCUT2D eigenvalue weighted by molar-refractivity contribution is 0.0469. The molecule has 0 saturated heterocycles. The van der Waals surface area contributed by atoms with E-state index < -0.39 is 11.8 Å². The van der Waals surface area contributed by atoms with E-state index in [1.165, 1.54) is 19.2 Å². The second kappa shape index (κ2) is 7.11. The van der Waals surface area contributed by atoms with Crippen LogP contribution in [-0.2, 0) is 16.1 Å². The number of halogens is 1. The van der Waals surface area contributed by atoms with Crippen molar-refractivity contribution in [1.29, 1.82) is 0 Å². The van der Waals surface area contributed by atoms with Gasteiger partial charge in [-0.1, -0.05) is 19.4 Å². The average Bonchev–Trinajstić information content (AvgIpc) is 2.36. The Kier molecular flexibility index (Phi) is 5.78. The van der Waals surface area contributed by atoms with Gasteiger partial charge >= 0.3 is 5.97 Å². The molecule has 0 heterocycles. The summed E-state index contributed by atoms with van der Waals surface area (Å²) in [4.78, 5) is 11.2. The Morgan fingerprint density at radius 2 is 2.17 bits per heavy atom. The van der Waals surface area contributed by atoms with Crippen LogP contribution in [0, 0.1) is 5.82 Å². The van der Waals surface area contributed by atoms with Crippen LogP contribution in [0.2, 0.25) is 0 Å². The summed E-state index contributed by atoms with van der Waals surface area (Å²) in [6.07, 6.45) is 2.18. The van der Waals surface area contributed by atoms with Crippen molar-refractivity contribution in [2.24, 2.45) is 0 Å². The standard InChI is InChI=1S/C14H19FO3/c1-4-5-10(2)18-9-11-6-7-12(13(15)8-11)14(16)17-3/h6-8,10H,4-5,9H2,1-3H3. The third-order valence-electron chi connectivity index (χ3n) is 2.67. The van der Waals surface area contributed by atoms with Crippen LogP contribution in [0.15, 0.2) is 18.2 Å². The van der Waals surface area contributed by atoms with Gasteiger partial charge in [0.05, 0.1) is 25.4 Å². The molecule has 0 bridgehead atoms. The molecule has 3 nitrogen and oxygen atoms in total. The molecule has 1 atom stereocenters. The average molecular weight is 254 g/mol. The van der Waals surface area contributed by atoms with E-state index in [1.54, 1.807) is 6.07 Å². The molecule has 0 aliphatic rings. The predicted octanol–water partition coefficient (Wildman–Crippen LogP) is 3.32. The first-order chi connectivity index (χ1) is 8.58. The minimum Gasteiger partial charge on any atom is -0.465 e. The topological polar surface area (TPSA) is 35.5 Å². The van der Waals surface area contributed by atoms with Gasteiger partial charge in [0.2, 0.25) is 0 Å². The van der Waals surface area contributed by atoms with Crippen molar-refractivity contribution >= 4 is 5.97 Å². The second-order valence-electron chi connectivity index (χ2n) is 4.22. The number of hydrogen-bond donors (Lipinski definition) is 0. The van der Waals surface area contributed by atoms with E-state index in [1.807, 2.05) is 6.92 Å². The van der Waals surface area contributed by atoms with E-state index in [-0.39, 0.29) is 11.7 Å². The third kappa shape index (κ3) is 4.11. The molecule has 0 aromatic heterocycles. The van der Waals surface area contributed by atoms with Gasteiger partial charge < -0.3 is 9.47 Å². The zero-order valence-electron chi connectivity index (χ0n) is 11.0. The minimum atomic E-state index is -0.667. The number of methoxy groups -OCH3 is 1. The van der Waals surface area contributed by atoms with Gasteiger partial charge in [0.25, 0.3) is 0 Å². The maximum absolute atomic E-state index is 13.6. The number of rotatable bonds is 6. The molecule has 0 spiro atoms. The smallest absolute Gasteiger partial charge is 0.340 e. The van der Waals surface area contributed by atoms with Gasteiger partial charge in [-0.2, -0.15) is 0 Å². The highest BCUT2D eigenvalue weighted by atomic mass is 19.1. The summed E-state index contributed by atoms with van der Waals surface area (Å²) in [6.45, 7) is 4.42. The fourth-order valence-corrected chi connectivity index (χ4v) is 1.65. The van der Waals surface area contributed by atoms with Crippen LogP contribution < -0.4 is 0 Å². The van der Waals surface area contributed by atoms with E-state index in [0.717, 1.165) is 12.8 Å². The molecule has 0 aliphatic carbocycles. The fraction of sp³-hybridized carbons (Fsp3) is 0.500. The maximum Gasteiger partial charge on any atom is 0.340 e. The van der Waals surface area contributed by atoms with Gasteiger partial charge in [0.15, 0.2) is 0 Å². The quantitative estimate of drug-likeness (QED) is 0.730. The summed E-state index contributed by atoms with van der Waals surface area (Å²) in [7, 11) is 1.23. The molecule has 0 amide bonds. The number of esters is 1. The Labute approximate surface area is 107 Å². The summed E-state index contributed by atoms with van der Waals surface area (Å²) in [5, 5.41) is 0. The molecule has 0 N–H and O–H groups in total. The molecule has 4 heteroatoms. The van der Waals surface area contributed by atoms with Crippen LogP contribution in [0.3, 0.4) is 0 Å². The van der Waals surface area contributed by atoms with Crippen LogP contribution in [0.25, 0.3) is 0 Å². The Morgan fingerprint density at radius 1 is 1.44 bits per heavy atom. The third-order valence-corrected chi connectivity index (χ3v) is 2.67. The fourth-order valence-electron chi connectivity index (χ4n) is 1.65. The highest BCUT2D eigenvalue weighted by molar-refractivity contribution is 5.89. The Hall–Kier alpha value is -1.42. The first kappa shape index (κ1) is 14.6. The molecule has 100 valence electrons. The van der Waals surface area contributed by atoms with E-state index in [4.69, 9.17) is 4.74 Å². The second-order valence-corrected chi connectivity index (χ2v) is 4.22.